The first kappa shape index (κ1) is 17.7. The van der Waals surface area contributed by atoms with Gasteiger partial charge in [0.25, 0.3) is 10.2 Å². The van der Waals surface area contributed by atoms with Crippen molar-refractivity contribution < 1.29 is 13.2 Å². The maximum absolute atomic E-state index is 12.5. The summed E-state index contributed by atoms with van der Waals surface area (Å²) in [5.74, 6) is 0.816. The molecule has 0 aliphatic carbocycles. The van der Waals surface area contributed by atoms with Crippen molar-refractivity contribution in [3.05, 3.63) is 29.8 Å². The van der Waals surface area contributed by atoms with Crippen molar-refractivity contribution in [1.82, 2.24) is 13.9 Å². The second kappa shape index (κ2) is 7.82. The molecule has 1 aromatic carbocycles. The summed E-state index contributed by atoms with van der Waals surface area (Å²) in [6.07, 6.45) is 4.25. The summed E-state index contributed by atoms with van der Waals surface area (Å²) < 4.78 is 34.5. The highest BCUT2D eigenvalue weighted by molar-refractivity contribution is 7.87. The summed E-state index contributed by atoms with van der Waals surface area (Å²) in [5.41, 5.74) is 1.13. The zero-order valence-electron chi connectivity index (χ0n) is 14.3. The third-order valence-corrected chi connectivity index (χ3v) is 6.52. The Kier molecular flexibility index (Phi) is 5.76. The Morgan fingerprint density at radius 3 is 2.21 bits per heavy atom. The molecule has 2 aliphatic heterocycles. The Labute approximate surface area is 145 Å². The van der Waals surface area contributed by atoms with Gasteiger partial charge in [0.1, 0.15) is 5.75 Å². The lowest BCUT2D eigenvalue weighted by Crippen LogP contribution is -2.43. The highest BCUT2D eigenvalue weighted by Gasteiger charge is 2.29. The molecule has 1 aromatic rings. The molecule has 0 saturated carbocycles. The monoisotopic (exact) mass is 353 g/mol. The van der Waals surface area contributed by atoms with Crippen LogP contribution in [0.1, 0.15) is 37.3 Å². The van der Waals surface area contributed by atoms with Crippen molar-refractivity contribution in [3.8, 4) is 5.75 Å². The second-order valence-electron chi connectivity index (χ2n) is 6.49. The van der Waals surface area contributed by atoms with E-state index in [0.717, 1.165) is 37.2 Å². The molecule has 2 aliphatic rings. The largest absolute Gasteiger partial charge is 0.497 e. The predicted octanol–water partition coefficient (Wildman–Crippen LogP) is 1.76. The predicted molar refractivity (Wildman–Crippen MR) is 94.3 cm³/mol. The minimum absolute atomic E-state index is 0.0655. The van der Waals surface area contributed by atoms with Gasteiger partial charge < -0.3 is 4.74 Å². The van der Waals surface area contributed by atoms with Gasteiger partial charge in [0.2, 0.25) is 0 Å². The Bertz CT molecular complexity index is 621. The van der Waals surface area contributed by atoms with Crippen LogP contribution in [-0.2, 0) is 10.2 Å². The maximum atomic E-state index is 12.5. The molecule has 1 unspecified atom stereocenters. The molecule has 2 fully saturated rings. The number of hydrogen-bond donors (Lipinski definition) is 1. The molecule has 1 N–H and O–H groups in total. The molecule has 2 saturated heterocycles. The van der Waals surface area contributed by atoms with Gasteiger partial charge in [-0.25, -0.2) is 4.72 Å². The molecule has 3 rings (SSSR count). The molecule has 0 radical (unpaired) electrons. The fraction of sp³-hybridized carbons (Fsp3) is 0.647. The highest BCUT2D eigenvalue weighted by atomic mass is 32.2. The molecule has 7 heteroatoms. The van der Waals surface area contributed by atoms with Crippen LogP contribution >= 0.6 is 0 Å². The number of likely N-dealkylation sites (tertiary alicyclic amines) is 1. The van der Waals surface area contributed by atoms with Crippen molar-refractivity contribution >= 4 is 10.2 Å². The number of rotatable bonds is 7. The summed E-state index contributed by atoms with van der Waals surface area (Å²) in [7, 11) is -1.72. The van der Waals surface area contributed by atoms with E-state index in [1.807, 2.05) is 24.3 Å². The fourth-order valence-corrected chi connectivity index (χ4v) is 4.83. The molecule has 0 bridgehead atoms. The number of nitrogens with zero attached hydrogens (tertiary/aromatic N) is 2. The first-order valence-corrected chi connectivity index (χ1v) is 10.2. The minimum atomic E-state index is -3.37. The van der Waals surface area contributed by atoms with Crippen molar-refractivity contribution in [1.29, 1.82) is 0 Å². The summed E-state index contributed by atoms with van der Waals surface area (Å²) in [6, 6.07) is 8.01. The third-order valence-electron chi connectivity index (χ3n) is 4.95. The van der Waals surface area contributed by atoms with Crippen LogP contribution in [0.2, 0.25) is 0 Å². The lowest BCUT2D eigenvalue weighted by Gasteiger charge is -2.29. The van der Waals surface area contributed by atoms with Gasteiger partial charge in [-0.3, -0.25) is 4.90 Å². The van der Waals surface area contributed by atoms with Gasteiger partial charge in [0.15, 0.2) is 0 Å². The number of hydrogen-bond acceptors (Lipinski definition) is 4. The van der Waals surface area contributed by atoms with Gasteiger partial charge in [-0.15, -0.1) is 0 Å². The molecule has 6 nitrogen and oxygen atoms in total. The van der Waals surface area contributed by atoms with Crippen LogP contribution in [0.4, 0.5) is 0 Å². The Morgan fingerprint density at radius 2 is 1.62 bits per heavy atom. The number of ether oxygens (including phenoxy) is 1. The van der Waals surface area contributed by atoms with E-state index in [-0.39, 0.29) is 6.04 Å². The van der Waals surface area contributed by atoms with Crippen molar-refractivity contribution in [2.24, 2.45) is 0 Å². The first-order chi connectivity index (χ1) is 11.6. The Hall–Kier alpha value is -1.15. The summed E-state index contributed by atoms with van der Waals surface area (Å²) >= 11 is 0. The summed E-state index contributed by atoms with van der Waals surface area (Å²) in [6.45, 7) is 3.70. The molecule has 0 aromatic heterocycles. The lowest BCUT2D eigenvalue weighted by molar-refractivity contribution is 0.245. The van der Waals surface area contributed by atoms with Gasteiger partial charge in [0, 0.05) is 25.7 Å². The van der Waals surface area contributed by atoms with Crippen molar-refractivity contribution in [2.45, 2.75) is 31.7 Å². The SMILES string of the molecule is COc1ccc(C(CNS(=O)(=O)N2CCCC2)N2CCCC2)cc1. The third kappa shape index (κ3) is 4.08. The molecule has 0 amide bonds. The normalized spacial score (nSPS) is 21.2. The molecule has 1 atom stereocenters. The molecule has 24 heavy (non-hydrogen) atoms. The van der Waals surface area contributed by atoms with Crippen LogP contribution in [0.25, 0.3) is 0 Å². The molecular weight excluding hydrogens is 326 g/mol. The standard InChI is InChI=1S/C17H27N3O3S/c1-23-16-8-6-15(7-9-16)17(19-10-2-3-11-19)14-18-24(21,22)20-12-4-5-13-20/h6-9,17-18H,2-5,10-14H2,1H3. The van der Waals surface area contributed by atoms with Crippen molar-refractivity contribution in [2.75, 3.05) is 39.8 Å². The topological polar surface area (TPSA) is 61.9 Å². The van der Waals surface area contributed by atoms with E-state index in [0.29, 0.717) is 19.6 Å². The van der Waals surface area contributed by atoms with Gasteiger partial charge >= 0.3 is 0 Å². The van der Waals surface area contributed by atoms with Crippen LogP contribution < -0.4 is 9.46 Å². The molecule has 0 spiro atoms. The number of methoxy groups -OCH3 is 1. The molecule has 2 heterocycles. The fourth-order valence-electron chi connectivity index (χ4n) is 3.54. The van der Waals surface area contributed by atoms with Crippen molar-refractivity contribution in [3.63, 3.8) is 0 Å². The summed E-state index contributed by atoms with van der Waals surface area (Å²) in [5, 5.41) is 0. The Balaban J connectivity index is 1.72. The van der Waals surface area contributed by atoms with Gasteiger partial charge in [-0.1, -0.05) is 12.1 Å². The average Bonchev–Trinajstić information content (AvgIpc) is 3.29. The van der Waals surface area contributed by atoms with E-state index in [2.05, 4.69) is 9.62 Å². The van der Waals surface area contributed by atoms with E-state index < -0.39 is 10.2 Å². The van der Waals surface area contributed by atoms with Crippen LogP contribution in [-0.4, -0.2) is 57.5 Å². The van der Waals surface area contributed by atoms with Gasteiger partial charge in [0.05, 0.1) is 7.11 Å². The average molecular weight is 353 g/mol. The van der Waals surface area contributed by atoms with E-state index in [1.54, 1.807) is 11.4 Å². The highest BCUT2D eigenvalue weighted by Crippen LogP contribution is 2.26. The van der Waals surface area contributed by atoms with Crippen LogP contribution in [0.15, 0.2) is 24.3 Å². The van der Waals surface area contributed by atoms with E-state index >= 15 is 0 Å². The number of benzene rings is 1. The van der Waals surface area contributed by atoms with E-state index in [4.69, 9.17) is 4.74 Å². The molecular formula is C17H27N3O3S. The van der Waals surface area contributed by atoms with Crippen LogP contribution in [0.3, 0.4) is 0 Å². The summed E-state index contributed by atoms with van der Waals surface area (Å²) in [4.78, 5) is 2.37. The van der Waals surface area contributed by atoms with E-state index in [9.17, 15) is 8.42 Å². The van der Waals surface area contributed by atoms with Crippen LogP contribution in [0.5, 0.6) is 5.75 Å². The second-order valence-corrected chi connectivity index (χ2v) is 8.25. The first-order valence-electron chi connectivity index (χ1n) is 8.73. The zero-order chi connectivity index (χ0) is 17.0. The smallest absolute Gasteiger partial charge is 0.279 e. The number of nitrogens with one attached hydrogen (secondary N) is 1. The Morgan fingerprint density at radius 1 is 1.04 bits per heavy atom. The lowest BCUT2D eigenvalue weighted by atomic mass is 10.1. The van der Waals surface area contributed by atoms with Gasteiger partial charge in [-0.2, -0.15) is 12.7 Å². The maximum Gasteiger partial charge on any atom is 0.279 e. The van der Waals surface area contributed by atoms with Crippen LogP contribution in [0, 0.1) is 0 Å². The van der Waals surface area contributed by atoms with Gasteiger partial charge in [-0.05, 0) is 56.5 Å². The zero-order valence-corrected chi connectivity index (χ0v) is 15.1. The quantitative estimate of drug-likeness (QED) is 0.811. The minimum Gasteiger partial charge on any atom is -0.497 e. The molecule has 134 valence electrons. The van der Waals surface area contributed by atoms with E-state index in [1.165, 1.54) is 12.8 Å².